The van der Waals surface area contributed by atoms with Crippen LogP contribution in [-0.4, -0.2) is 27.8 Å². The fourth-order valence-corrected chi connectivity index (χ4v) is 3.36. The Morgan fingerprint density at radius 1 is 1.47 bits per heavy atom. The molecule has 1 aliphatic rings. The van der Waals surface area contributed by atoms with Gasteiger partial charge in [-0.2, -0.15) is 0 Å². The number of aryl methyl sites for hydroxylation is 1. The Morgan fingerprint density at radius 3 is 3.00 bits per heavy atom. The van der Waals surface area contributed by atoms with Crippen molar-refractivity contribution in [1.29, 1.82) is 0 Å². The number of hydrogen-bond donors (Lipinski definition) is 1. The molecule has 1 aromatic rings. The zero-order valence-electron chi connectivity index (χ0n) is 11.6. The molecular formula is C14H23N3OS. The minimum absolute atomic E-state index is 0.126. The highest BCUT2D eigenvalue weighted by atomic mass is 32.2. The average molecular weight is 281 g/mol. The third kappa shape index (κ3) is 4.56. The van der Waals surface area contributed by atoms with Crippen LogP contribution in [0.3, 0.4) is 0 Å². The minimum atomic E-state index is 0.126. The van der Waals surface area contributed by atoms with E-state index in [9.17, 15) is 4.79 Å². The Kier molecular flexibility index (Phi) is 5.76. The van der Waals surface area contributed by atoms with Gasteiger partial charge in [0.25, 0.3) is 0 Å². The summed E-state index contributed by atoms with van der Waals surface area (Å²) in [6.07, 6.45) is 10.3. The van der Waals surface area contributed by atoms with Crippen LogP contribution in [0.25, 0.3) is 0 Å². The molecule has 106 valence electrons. The van der Waals surface area contributed by atoms with Gasteiger partial charge >= 0.3 is 0 Å². The molecule has 1 aromatic heterocycles. The molecule has 0 spiro atoms. The Morgan fingerprint density at radius 2 is 2.26 bits per heavy atom. The first-order valence-electron chi connectivity index (χ1n) is 7.20. The summed E-state index contributed by atoms with van der Waals surface area (Å²) in [6, 6.07) is 0. The normalized spacial score (nSPS) is 16.5. The van der Waals surface area contributed by atoms with E-state index in [4.69, 9.17) is 0 Å². The minimum Gasteiger partial charge on any atom is -0.355 e. The number of carbonyl (C=O) groups excluding carboxylic acids is 1. The van der Waals surface area contributed by atoms with Gasteiger partial charge in [-0.1, -0.05) is 31.0 Å². The Balaban J connectivity index is 1.66. The lowest BCUT2D eigenvalue weighted by atomic mass is 9.89. The quantitative estimate of drug-likeness (QED) is 0.816. The fourth-order valence-electron chi connectivity index (χ4n) is 2.51. The molecule has 1 amide bonds. The summed E-state index contributed by atoms with van der Waals surface area (Å²) in [5, 5.41) is 3.98. The van der Waals surface area contributed by atoms with Gasteiger partial charge in [-0.3, -0.25) is 4.79 Å². The number of nitrogens with one attached hydrogen (secondary N) is 1. The van der Waals surface area contributed by atoms with Gasteiger partial charge in [-0.05, 0) is 25.7 Å². The van der Waals surface area contributed by atoms with Gasteiger partial charge in [0.15, 0.2) is 5.16 Å². The first kappa shape index (κ1) is 14.4. The molecule has 1 heterocycles. The van der Waals surface area contributed by atoms with Crippen LogP contribution in [0.4, 0.5) is 0 Å². The molecule has 0 aliphatic heterocycles. The first-order valence-corrected chi connectivity index (χ1v) is 8.18. The van der Waals surface area contributed by atoms with Crippen LogP contribution in [0.15, 0.2) is 17.6 Å². The first-order chi connectivity index (χ1) is 9.29. The highest BCUT2D eigenvalue weighted by molar-refractivity contribution is 7.99. The Bertz CT molecular complexity index is 399. The second-order valence-corrected chi connectivity index (χ2v) is 6.04. The van der Waals surface area contributed by atoms with E-state index in [1.807, 2.05) is 6.20 Å². The van der Waals surface area contributed by atoms with Crippen molar-refractivity contribution in [1.82, 2.24) is 14.9 Å². The maximum absolute atomic E-state index is 11.8. The van der Waals surface area contributed by atoms with Crippen LogP contribution >= 0.6 is 11.8 Å². The Hall–Kier alpha value is -0.970. The van der Waals surface area contributed by atoms with Crippen LogP contribution in [0.1, 0.15) is 39.0 Å². The second-order valence-electron chi connectivity index (χ2n) is 5.09. The van der Waals surface area contributed by atoms with Crippen LogP contribution in [0, 0.1) is 5.92 Å². The summed E-state index contributed by atoms with van der Waals surface area (Å²) in [6.45, 7) is 3.82. The molecule has 1 N–H and O–H groups in total. The number of rotatable bonds is 6. The smallest absolute Gasteiger partial charge is 0.230 e. The molecule has 2 rings (SSSR count). The van der Waals surface area contributed by atoms with Gasteiger partial charge in [0.2, 0.25) is 5.91 Å². The van der Waals surface area contributed by atoms with E-state index in [1.165, 1.54) is 43.9 Å². The van der Waals surface area contributed by atoms with Gasteiger partial charge in [0, 0.05) is 25.5 Å². The molecule has 0 aromatic carbocycles. The molecular weight excluding hydrogens is 258 g/mol. The molecule has 0 unspecified atom stereocenters. The van der Waals surface area contributed by atoms with Crippen molar-refractivity contribution in [3.05, 3.63) is 12.4 Å². The third-order valence-corrected chi connectivity index (χ3v) is 4.67. The number of hydrogen-bond acceptors (Lipinski definition) is 3. The summed E-state index contributed by atoms with van der Waals surface area (Å²) in [4.78, 5) is 16.1. The lowest BCUT2D eigenvalue weighted by Gasteiger charge is -2.21. The van der Waals surface area contributed by atoms with E-state index in [-0.39, 0.29) is 5.91 Å². The lowest BCUT2D eigenvalue weighted by molar-refractivity contribution is -0.118. The van der Waals surface area contributed by atoms with Crippen LogP contribution in [0.5, 0.6) is 0 Å². The maximum Gasteiger partial charge on any atom is 0.230 e. The van der Waals surface area contributed by atoms with Crippen molar-refractivity contribution in [2.24, 2.45) is 5.92 Å². The van der Waals surface area contributed by atoms with E-state index in [1.54, 1.807) is 6.20 Å². The van der Waals surface area contributed by atoms with Gasteiger partial charge < -0.3 is 9.88 Å². The number of aromatic nitrogens is 2. The monoisotopic (exact) mass is 281 g/mol. The summed E-state index contributed by atoms with van der Waals surface area (Å²) < 4.78 is 2.05. The molecule has 1 fully saturated rings. The van der Waals surface area contributed by atoms with Crippen LogP contribution in [0.2, 0.25) is 0 Å². The highest BCUT2D eigenvalue weighted by Gasteiger charge is 2.14. The highest BCUT2D eigenvalue weighted by Crippen LogP contribution is 2.22. The van der Waals surface area contributed by atoms with Crippen molar-refractivity contribution < 1.29 is 4.79 Å². The fraction of sp³-hybridized carbons (Fsp3) is 0.714. The molecule has 1 saturated carbocycles. The van der Waals surface area contributed by atoms with Crippen molar-refractivity contribution in [3.63, 3.8) is 0 Å². The molecule has 0 saturated heterocycles. The van der Waals surface area contributed by atoms with E-state index < -0.39 is 0 Å². The van der Waals surface area contributed by atoms with Crippen LogP contribution in [-0.2, 0) is 11.3 Å². The Labute approximate surface area is 119 Å². The van der Waals surface area contributed by atoms with E-state index >= 15 is 0 Å². The van der Waals surface area contributed by atoms with Crippen molar-refractivity contribution >= 4 is 17.7 Å². The molecule has 1 aliphatic carbocycles. The summed E-state index contributed by atoms with van der Waals surface area (Å²) in [7, 11) is 0. The van der Waals surface area contributed by atoms with E-state index in [0.29, 0.717) is 11.7 Å². The predicted octanol–water partition coefficient (Wildman–Crippen LogP) is 2.69. The van der Waals surface area contributed by atoms with Gasteiger partial charge in [0.05, 0.1) is 5.75 Å². The predicted molar refractivity (Wildman–Crippen MR) is 78.2 cm³/mol. The zero-order valence-corrected chi connectivity index (χ0v) is 12.4. The topological polar surface area (TPSA) is 46.9 Å². The lowest BCUT2D eigenvalue weighted by Crippen LogP contribution is -2.31. The standard InChI is InChI=1S/C14H23N3OS/c1-2-17-9-8-15-14(17)19-11-13(18)16-10-12-6-4-3-5-7-12/h8-9,12H,2-7,10-11H2,1H3,(H,16,18). The second kappa shape index (κ2) is 7.58. The molecule has 0 bridgehead atoms. The number of amides is 1. The molecule has 4 nitrogen and oxygen atoms in total. The zero-order chi connectivity index (χ0) is 13.5. The third-order valence-electron chi connectivity index (χ3n) is 3.66. The SMILES string of the molecule is CCn1ccnc1SCC(=O)NCC1CCCCC1. The average Bonchev–Trinajstić information content (AvgIpc) is 2.91. The molecule has 5 heteroatoms. The van der Waals surface area contributed by atoms with E-state index in [2.05, 4.69) is 21.8 Å². The van der Waals surface area contributed by atoms with Crippen molar-refractivity contribution in [2.45, 2.75) is 50.7 Å². The van der Waals surface area contributed by atoms with Gasteiger partial charge in [-0.15, -0.1) is 0 Å². The van der Waals surface area contributed by atoms with Crippen LogP contribution < -0.4 is 5.32 Å². The number of carbonyl (C=O) groups is 1. The van der Waals surface area contributed by atoms with E-state index in [0.717, 1.165) is 18.2 Å². The summed E-state index contributed by atoms with van der Waals surface area (Å²) in [5.41, 5.74) is 0. The largest absolute Gasteiger partial charge is 0.355 e. The van der Waals surface area contributed by atoms with Gasteiger partial charge in [0.1, 0.15) is 0 Å². The molecule has 19 heavy (non-hydrogen) atoms. The summed E-state index contributed by atoms with van der Waals surface area (Å²) in [5.74, 6) is 1.28. The van der Waals surface area contributed by atoms with Crippen molar-refractivity contribution in [2.75, 3.05) is 12.3 Å². The van der Waals surface area contributed by atoms with Crippen molar-refractivity contribution in [3.8, 4) is 0 Å². The maximum atomic E-state index is 11.8. The molecule has 0 atom stereocenters. The molecule has 0 radical (unpaired) electrons. The number of nitrogens with zero attached hydrogens (tertiary/aromatic N) is 2. The summed E-state index contributed by atoms with van der Waals surface area (Å²) >= 11 is 1.51. The number of imidazole rings is 1. The van der Waals surface area contributed by atoms with Gasteiger partial charge in [-0.25, -0.2) is 4.98 Å². The number of thioether (sulfide) groups is 1.